The quantitative estimate of drug-likeness (QED) is 0.487. The highest BCUT2D eigenvalue weighted by molar-refractivity contribution is 7.18. The summed E-state index contributed by atoms with van der Waals surface area (Å²) in [5.74, 6) is 0.215. The van der Waals surface area contributed by atoms with Gasteiger partial charge in [-0.3, -0.25) is 0 Å². The van der Waals surface area contributed by atoms with Crippen LogP contribution < -0.4 is 5.32 Å². The van der Waals surface area contributed by atoms with E-state index in [2.05, 4.69) is 20.4 Å². The standard InChI is InChI=1S/C17H10F4N4OS/c18-10-3-1-9(2-4-10)8-22-14-11-7-13(17(19,20)21)27-16(11)25-15(24-14)12-5-6-23-26-12/h1-7H,8H2,(H,22,24,25). The highest BCUT2D eigenvalue weighted by Gasteiger charge is 2.34. The SMILES string of the molecule is Fc1ccc(CNc2nc(-c3ccno3)nc3sc(C(F)(F)F)cc23)cc1. The Balaban J connectivity index is 1.75. The predicted molar refractivity (Wildman–Crippen MR) is 91.6 cm³/mol. The second-order valence-corrected chi connectivity index (χ2v) is 6.61. The molecule has 0 saturated heterocycles. The van der Waals surface area contributed by atoms with Crippen molar-refractivity contribution < 1.29 is 22.1 Å². The number of hydrogen-bond donors (Lipinski definition) is 1. The van der Waals surface area contributed by atoms with E-state index < -0.39 is 11.1 Å². The number of anilines is 1. The van der Waals surface area contributed by atoms with Crippen LogP contribution in [0.15, 0.2) is 47.1 Å². The van der Waals surface area contributed by atoms with Crippen molar-refractivity contribution in [3.05, 3.63) is 58.9 Å². The van der Waals surface area contributed by atoms with Crippen molar-refractivity contribution in [2.75, 3.05) is 5.32 Å². The number of rotatable bonds is 4. The fourth-order valence-electron chi connectivity index (χ4n) is 2.43. The maximum atomic E-state index is 13.1. The first-order valence-corrected chi connectivity index (χ1v) is 8.50. The third-order valence-electron chi connectivity index (χ3n) is 3.70. The highest BCUT2D eigenvalue weighted by atomic mass is 32.1. The maximum Gasteiger partial charge on any atom is 0.425 e. The summed E-state index contributed by atoms with van der Waals surface area (Å²) >= 11 is 0.526. The first kappa shape index (κ1) is 17.4. The second-order valence-electron chi connectivity index (χ2n) is 5.58. The molecule has 1 aromatic carbocycles. The van der Waals surface area contributed by atoms with Gasteiger partial charge in [-0.15, -0.1) is 11.3 Å². The molecule has 4 aromatic rings. The lowest BCUT2D eigenvalue weighted by Gasteiger charge is -2.08. The molecule has 3 heterocycles. The van der Waals surface area contributed by atoms with Gasteiger partial charge in [0.25, 0.3) is 0 Å². The van der Waals surface area contributed by atoms with Gasteiger partial charge in [0.15, 0.2) is 0 Å². The van der Waals surface area contributed by atoms with Gasteiger partial charge in [-0.25, -0.2) is 14.4 Å². The Morgan fingerprint density at radius 2 is 1.85 bits per heavy atom. The molecule has 0 atom stereocenters. The van der Waals surface area contributed by atoms with E-state index in [4.69, 9.17) is 4.52 Å². The molecule has 0 unspecified atom stereocenters. The summed E-state index contributed by atoms with van der Waals surface area (Å²) in [5, 5.41) is 6.81. The molecule has 10 heteroatoms. The number of aromatic nitrogens is 3. The van der Waals surface area contributed by atoms with Gasteiger partial charge in [0.05, 0.1) is 11.6 Å². The maximum absolute atomic E-state index is 13.1. The molecule has 0 saturated carbocycles. The van der Waals surface area contributed by atoms with Gasteiger partial charge in [0.1, 0.15) is 21.3 Å². The normalized spacial score (nSPS) is 11.9. The van der Waals surface area contributed by atoms with Crippen LogP contribution in [0.1, 0.15) is 10.4 Å². The molecule has 138 valence electrons. The van der Waals surface area contributed by atoms with Crippen molar-refractivity contribution in [1.82, 2.24) is 15.1 Å². The van der Waals surface area contributed by atoms with Crippen molar-refractivity contribution in [3.8, 4) is 11.6 Å². The van der Waals surface area contributed by atoms with Crippen LogP contribution in [0.25, 0.3) is 21.8 Å². The van der Waals surface area contributed by atoms with Crippen molar-refractivity contribution >= 4 is 27.4 Å². The van der Waals surface area contributed by atoms with E-state index >= 15 is 0 Å². The number of hydrogen-bond acceptors (Lipinski definition) is 6. The molecule has 1 N–H and O–H groups in total. The molecule has 4 rings (SSSR count). The van der Waals surface area contributed by atoms with E-state index in [0.717, 1.165) is 11.6 Å². The van der Waals surface area contributed by atoms with Crippen molar-refractivity contribution in [3.63, 3.8) is 0 Å². The largest absolute Gasteiger partial charge is 0.425 e. The number of nitrogens with zero attached hydrogens (tertiary/aromatic N) is 3. The van der Waals surface area contributed by atoms with Gasteiger partial charge in [0.2, 0.25) is 11.6 Å². The van der Waals surface area contributed by atoms with Crippen LogP contribution >= 0.6 is 11.3 Å². The molecule has 0 radical (unpaired) electrons. The molecule has 0 spiro atoms. The van der Waals surface area contributed by atoms with Crippen LogP contribution in [-0.2, 0) is 12.7 Å². The number of alkyl halides is 3. The van der Waals surface area contributed by atoms with E-state index in [0.29, 0.717) is 11.3 Å². The third-order valence-corrected chi connectivity index (χ3v) is 4.78. The molecule has 0 aliphatic heterocycles. The zero-order chi connectivity index (χ0) is 19.0. The average Bonchev–Trinajstić information content (AvgIpc) is 3.30. The first-order valence-electron chi connectivity index (χ1n) is 7.68. The predicted octanol–water partition coefficient (Wildman–Crippen LogP) is 5.12. The zero-order valence-corrected chi connectivity index (χ0v) is 14.2. The minimum atomic E-state index is -4.48. The van der Waals surface area contributed by atoms with E-state index in [1.165, 1.54) is 24.4 Å². The highest BCUT2D eigenvalue weighted by Crippen LogP contribution is 2.40. The Labute approximate surface area is 153 Å². The van der Waals surface area contributed by atoms with Gasteiger partial charge in [-0.2, -0.15) is 13.2 Å². The Morgan fingerprint density at radius 1 is 1.07 bits per heavy atom. The molecule has 0 bridgehead atoms. The van der Waals surface area contributed by atoms with E-state index in [1.807, 2.05) is 0 Å². The third kappa shape index (κ3) is 3.61. The zero-order valence-electron chi connectivity index (χ0n) is 13.4. The van der Waals surface area contributed by atoms with E-state index in [-0.39, 0.29) is 40.0 Å². The molecule has 0 amide bonds. The lowest BCUT2D eigenvalue weighted by Crippen LogP contribution is -2.03. The average molecular weight is 394 g/mol. The van der Waals surface area contributed by atoms with Crippen molar-refractivity contribution in [1.29, 1.82) is 0 Å². The summed E-state index contributed by atoms with van der Waals surface area (Å²) in [6.07, 6.45) is -3.09. The van der Waals surface area contributed by atoms with Crippen LogP contribution in [0.4, 0.5) is 23.4 Å². The number of benzene rings is 1. The summed E-state index contributed by atoms with van der Waals surface area (Å²) < 4.78 is 57.3. The number of fused-ring (bicyclic) bond motifs is 1. The Morgan fingerprint density at radius 3 is 2.52 bits per heavy atom. The molecule has 5 nitrogen and oxygen atoms in total. The monoisotopic (exact) mass is 394 g/mol. The van der Waals surface area contributed by atoms with Crippen LogP contribution in [0, 0.1) is 5.82 Å². The summed E-state index contributed by atoms with van der Waals surface area (Å²) in [6.45, 7) is 0.249. The fraction of sp³-hybridized carbons (Fsp3) is 0.118. The molecule has 27 heavy (non-hydrogen) atoms. The fourth-order valence-corrected chi connectivity index (χ4v) is 3.32. The van der Waals surface area contributed by atoms with Gasteiger partial charge in [-0.1, -0.05) is 17.3 Å². The van der Waals surface area contributed by atoms with E-state index in [1.54, 1.807) is 12.1 Å². The van der Waals surface area contributed by atoms with Crippen LogP contribution in [0.2, 0.25) is 0 Å². The summed E-state index contributed by atoms with van der Waals surface area (Å²) in [4.78, 5) is 7.84. The minimum Gasteiger partial charge on any atom is -0.365 e. The number of thiophene rings is 1. The lowest BCUT2D eigenvalue weighted by atomic mass is 10.2. The van der Waals surface area contributed by atoms with Crippen molar-refractivity contribution in [2.45, 2.75) is 12.7 Å². The minimum absolute atomic E-state index is 0.122. The van der Waals surface area contributed by atoms with Gasteiger partial charge in [0, 0.05) is 12.6 Å². The van der Waals surface area contributed by atoms with Crippen LogP contribution in [0.5, 0.6) is 0 Å². The Kier molecular flexibility index (Phi) is 4.27. The van der Waals surface area contributed by atoms with Crippen LogP contribution in [-0.4, -0.2) is 15.1 Å². The summed E-state index contributed by atoms with van der Waals surface area (Å²) in [5.41, 5.74) is 0.746. The van der Waals surface area contributed by atoms with Gasteiger partial charge in [-0.05, 0) is 23.8 Å². The smallest absolute Gasteiger partial charge is 0.365 e. The van der Waals surface area contributed by atoms with Crippen molar-refractivity contribution in [2.24, 2.45) is 0 Å². The molecule has 3 aromatic heterocycles. The van der Waals surface area contributed by atoms with E-state index in [9.17, 15) is 17.6 Å². The molecular weight excluding hydrogens is 384 g/mol. The van der Waals surface area contributed by atoms with Crippen LogP contribution in [0.3, 0.4) is 0 Å². The van der Waals surface area contributed by atoms with Gasteiger partial charge >= 0.3 is 6.18 Å². The molecule has 0 aliphatic carbocycles. The summed E-state index contributed by atoms with van der Waals surface area (Å²) in [6, 6.07) is 8.29. The summed E-state index contributed by atoms with van der Waals surface area (Å²) in [7, 11) is 0. The Bertz CT molecular complexity index is 1070. The topological polar surface area (TPSA) is 63.8 Å². The Hall–Kier alpha value is -3.01. The van der Waals surface area contributed by atoms with Gasteiger partial charge < -0.3 is 9.84 Å². The molecule has 0 aliphatic rings. The lowest BCUT2D eigenvalue weighted by molar-refractivity contribution is -0.134. The molecule has 0 fully saturated rings. The number of halogens is 4. The molecular formula is C17H10F4N4OS. The number of nitrogens with one attached hydrogen (secondary N) is 1. The first-order chi connectivity index (χ1) is 12.9. The second kappa shape index (κ2) is 6.62.